The second kappa shape index (κ2) is 4.08. The van der Waals surface area contributed by atoms with Crippen LogP contribution in [0, 0.1) is 6.92 Å². The molecule has 0 saturated heterocycles. The van der Waals surface area contributed by atoms with Crippen LogP contribution in [0.5, 0.6) is 0 Å². The zero-order valence-electron chi connectivity index (χ0n) is 8.39. The molecule has 1 rings (SSSR count). The summed E-state index contributed by atoms with van der Waals surface area (Å²) in [6.07, 6.45) is 0.0396. The minimum absolute atomic E-state index is 0.0396. The first-order valence-corrected chi connectivity index (χ1v) is 4.25. The smallest absolute Gasteiger partial charge is 0.324 e. The molecule has 1 N–H and O–H groups in total. The Labute approximate surface area is 81.5 Å². The van der Waals surface area contributed by atoms with Crippen LogP contribution >= 0.6 is 0 Å². The van der Waals surface area contributed by atoms with E-state index in [9.17, 15) is 4.79 Å². The Kier molecular flexibility index (Phi) is 3.06. The highest BCUT2D eigenvalue weighted by atomic mass is 16.5. The van der Waals surface area contributed by atoms with Gasteiger partial charge >= 0.3 is 12.0 Å². The van der Waals surface area contributed by atoms with Crippen molar-refractivity contribution in [2.75, 3.05) is 11.9 Å². The monoisotopic (exact) mass is 199 g/mol. The highest BCUT2D eigenvalue weighted by Crippen LogP contribution is 2.13. The van der Waals surface area contributed by atoms with Crippen LogP contribution in [0.3, 0.4) is 0 Å². The number of carbonyl (C=O) groups is 1. The van der Waals surface area contributed by atoms with Crippen LogP contribution in [0.25, 0.3) is 0 Å². The summed E-state index contributed by atoms with van der Waals surface area (Å²) in [4.78, 5) is 16.1. The largest absolute Gasteiger partial charge is 0.481 e. The number of anilines is 1. The molecule has 1 atom stereocenters. The Hall–Kier alpha value is -1.59. The van der Waals surface area contributed by atoms with E-state index in [0.29, 0.717) is 11.8 Å². The van der Waals surface area contributed by atoms with Gasteiger partial charge in [0.05, 0.1) is 6.42 Å². The van der Waals surface area contributed by atoms with Gasteiger partial charge in [-0.15, -0.1) is 0 Å². The van der Waals surface area contributed by atoms with E-state index in [0.717, 1.165) is 0 Å². The average Bonchev–Trinajstić information content (AvgIpc) is 2.49. The van der Waals surface area contributed by atoms with E-state index in [1.54, 1.807) is 25.8 Å². The predicted octanol–water partition coefficient (Wildman–Crippen LogP) is 0.677. The Balaban J connectivity index is 2.65. The highest BCUT2D eigenvalue weighted by molar-refractivity contribution is 5.68. The normalized spacial score (nSPS) is 12.5. The number of rotatable bonds is 4. The molecule has 0 amide bonds. The molecule has 14 heavy (non-hydrogen) atoms. The number of aryl methyl sites for hydroxylation is 1. The van der Waals surface area contributed by atoms with Gasteiger partial charge in [0.25, 0.3) is 0 Å². The fourth-order valence-electron chi connectivity index (χ4n) is 1.01. The molecular weight excluding hydrogens is 186 g/mol. The SMILES string of the molecule is Cc1noc(N(C)C(C)CC(=O)O)n1. The quantitative estimate of drug-likeness (QED) is 0.768. The molecule has 6 nitrogen and oxygen atoms in total. The summed E-state index contributed by atoms with van der Waals surface area (Å²) in [5.74, 6) is -0.310. The van der Waals surface area contributed by atoms with Crippen molar-refractivity contribution in [1.82, 2.24) is 10.1 Å². The summed E-state index contributed by atoms with van der Waals surface area (Å²) in [6, 6.07) is 0.170. The highest BCUT2D eigenvalue weighted by Gasteiger charge is 2.17. The summed E-state index contributed by atoms with van der Waals surface area (Å²) in [6.45, 7) is 3.50. The summed E-state index contributed by atoms with van der Waals surface area (Å²) < 4.78 is 4.90. The van der Waals surface area contributed by atoms with Crippen LogP contribution in [0.15, 0.2) is 4.52 Å². The third-order valence-corrected chi connectivity index (χ3v) is 1.95. The Morgan fingerprint density at radius 1 is 1.71 bits per heavy atom. The average molecular weight is 199 g/mol. The maximum atomic E-state index is 10.5. The third-order valence-electron chi connectivity index (χ3n) is 1.95. The van der Waals surface area contributed by atoms with E-state index in [4.69, 9.17) is 9.63 Å². The minimum Gasteiger partial charge on any atom is -0.481 e. The number of carboxylic acid groups (broad SMARTS) is 1. The van der Waals surface area contributed by atoms with E-state index < -0.39 is 5.97 Å². The fourth-order valence-corrected chi connectivity index (χ4v) is 1.01. The van der Waals surface area contributed by atoms with Crippen molar-refractivity contribution in [3.8, 4) is 0 Å². The van der Waals surface area contributed by atoms with Crippen molar-refractivity contribution in [3.05, 3.63) is 5.82 Å². The first-order valence-electron chi connectivity index (χ1n) is 4.25. The van der Waals surface area contributed by atoms with Crippen molar-refractivity contribution in [3.63, 3.8) is 0 Å². The van der Waals surface area contributed by atoms with Gasteiger partial charge in [-0.1, -0.05) is 5.16 Å². The lowest BCUT2D eigenvalue weighted by molar-refractivity contribution is -0.137. The molecule has 1 heterocycles. The van der Waals surface area contributed by atoms with Crippen LogP contribution in [0.1, 0.15) is 19.2 Å². The molecule has 1 aromatic heterocycles. The molecule has 1 aromatic rings. The van der Waals surface area contributed by atoms with Crippen molar-refractivity contribution in [2.45, 2.75) is 26.3 Å². The maximum absolute atomic E-state index is 10.5. The molecule has 1 unspecified atom stereocenters. The van der Waals surface area contributed by atoms with Crippen molar-refractivity contribution in [2.24, 2.45) is 0 Å². The molecule has 0 spiro atoms. The Morgan fingerprint density at radius 2 is 2.36 bits per heavy atom. The lowest BCUT2D eigenvalue weighted by Gasteiger charge is -2.20. The molecule has 6 heteroatoms. The first-order chi connectivity index (χ1) is 6.50. The maximum Gasteiger partial charge on any atom is 0.324 e. The number of carboxylic acids is 1. The van der Waals surface area contributed by atoms with E-state index in [1.807, 2.05) is 0 Å². The van der Waals surface area contributed by atoms with Crippen molar-refractivity contribution in [1.29, 1.82) is 0 Å². The molecule has 0 bridgehead atoms. The summed E-state index contributed by atoms with van der Waals surface area (Å²) in [7, 11) is 1.72. The van der Waals surface area contributed by atoms with Gasteiger partial charge in [0.15, 0.2) is 5.82 Å². The summed E-state index contributed by atoms with van der Waals surface area (Å²) in [5, 5.41) is 12.2. The van der Waals surface area contributed by atoms with E-state index >= 15 is 0 Å². The molecule has 0 aliphatic rings. The molecule has 0 aliphatic heterocycles. The fraction of sp³-hybridized carbons (Fsp3) is 0.625. The zero-order chi connectivity index (χ0) is 10.7. The van der Waals surface area contributed by atoms with Crippen LogP contribution in [0.4, 0.5) is 6.01 Å². The van der Waals surface area contributed by atoms with E-state index in [2.05, 4.69) is 10.1 Å². The number of hydrogen-bond donors (Lipinski definition) is 1. The molecule has 78 valence electrons. The van der Waals surface area contributed by atoms with Gasteiger partial charge in [-0.25, -0.2) is 0 Å². The number of aromatic nitrogens is 2. The summed E-state index contributed by atoms with van der Waals surface area (Å²) >= 11 is 0. The number of nitrogens with zero attached hydrogens (tertiary/aromatic N) is 3. The first kappa shape index (κ1) is 10.5. The molecular formula is C8H13N3O3. The molecule has 0 radical (unpaired) electrons. The van der Waals surface area contributed by atoms with Gasteiger partial charge < -0.3 is 14.5 Å². The number of hydrogen-bond acceptors (Lipinski definition) is 5. The van der Waals surface area contributed by atoms with Crippen LogP contribution in [-0.4, -0.2) is 34.3 Å². The van der Waals surface area contributed by atoms with E-state index in [-0.39, 0.29) is 12.5 Å². The predicted molar refractivity (Wildman–Crippen MR) is 49.2 cm³/mol. The topological polar surface area (TPSA) is 79.5 Å². The van der Waals surface area contributed by atoms with E-state index in [1.165, 1.54) is 0 Å². The molecule has 0 saturated carbocycles. The third kappa shape index (κ3) is 2.45. The Morgan fingerprint density at radius 3 is 2.79 bits per heavy atom. The second-order valence-corrected chi connectivity index (χ2v) is 3.18. The standard InChI is InChI=1S/C8H13N3O3/c1-5(4-7(12)13)11(3)8-9-6(2)10-14-8/h5H,4H2,1-3H3,(H,12,13). The van der Waals surface area contributed by atoms with Gasteiger partial charge in [-0.3, -0.25) is 4.79 Å². The van der Waals surface area contributed by atoms with Gasteiger partial charge in [-0.2, -0.15) is 4.98 Å². The Bertz CT molecular complexity index is 323. The lowest BCUT2D eigenvalue weighted by atomic mass is 10.2. The van der Waals surface area contributed by atoms with Crippen LogP contribution in [-0.2, 0) is 4.79 Å². The van der Waals surface area contributed by atoms with Crippen LogP contribution < -0.4 is 4.90 Å². The van der Waals surface area contributed by atoms with Gasteiger partial charge in [0.2, 0.25) is 0 Å². The lowest BCUT2D eigenvalue weighted by Crippen LogP contribution is -2.31. The van der Waals surface area contributed by atoms with Crippen LogP contribution in [0.2, 0.25) is 0 Å². The van der Waals surface area contributed by atoms with Gasteiger partial charge in [0, 0.05) is 13.1 Å². The van der Waals surface area contributed by atoms with Gasteiger partial charge in [-0.05, 0) is 13.8 Å². The second-order valence-electron chi connectivity index (χ2n) is 3.18. The number of aliphatic carboxylic acids is 1. The molecule has 0 fully saturated rings. The molecule has 0 aromatic carbocycles. The van der Waals surface area contributed by atoms with Crippen molar-refractivity contribution < 1.29 is 14.4 Å². The van der Waals surface area contributed by atoms with Crippen molar-refractivity contribution >= 4 is 12.0 Å². The minimum atomic E-state index is -0.847. The zero-order valence-corrected chi connectivity index (χ0v) is 8.39. The summed E-state index contributed by atoms with van der Waals surface area (Å²) in [5.41, 5.74) is 0. The molecule has 0 aliphatic carbocycles. The van der Waals surface area contributed by atoms with Gasteiger partial charge in [0.1, 0.15) is 0 Å².